The van der Waals surface area contributed by atoms with Crippen molar-refractivity contribution in [1.29, 1.82) is 5.26 Å². The molecule has 0 bridgehead atoms. The number of ether oxygens (including phenoxy) is 1. The van der Waals surface area contributed by atoms with Gasteiger partial charge in [-0.05, 0) is 54.8 Å². The zero-order chi connectivity index (χ0) is 16.5. The van der Waals surface area contributed by atoms with Gasteiger partial charge >= 0.3 is 5.97 Å². The van der Waals surface area contributed by atoms with Crippen LogP contribution in [-0.4, -0.2) is 18.5 Å². The Morgan fingerprint density at radius 3 is 2.73 bits per heavy atom. The molecule has 0 aliphatic carbocycles. The second kappa shape index (κ2) is 9.11. The molecule has 0 unspecified atom stereocenters. The Morgan fingerprint density at radius 1 is 1.41 bits per heavy atom. The largest absolute Gasteiger partial charge is 0.456 e. The van der Waals surface area contributed by atoms with Gasteiger partial charge in [0.2, 0.25) is 0 Å². The molecule has 1 aromatic carbocycles. The first kappa shape index (κ1) is 18.1. The molecule has 6 heteroatoms. The molecule has 0 atom stereocenters. The fourth-order valence-corrected chi connectivity index (χ4v) is 2.18. The van der Waals surface area contributed by atoms with E-state index in [9.17, 15) is 9.59 Å². The molecular weight excluding hydrogens is 300 g/mol. The number of rotatable bonds is 7. The predicted molar refractivity (Wildman–Crippen MR) is 86.3 cm³/mol. The van der Waals surface area contributed by atoms with Crippen LogP contribution in [-0.2, 0) is 14.3 Å². The van der Waals surface area contributed by atoms with E-state index >= 15 is 0 Å². The van der Waals surface area contributed by atoms with Gasteiger partial charge in [0.1, 0.15) is 5.40 Å². The second-order valence-corrected chi connectivity index (χ2v) is 6.17. The number of benzene rings is 1. The lowest BCUT2D eigenvalue weighted by molar-refractivity contribution is -0.147. The van der Waals surface area contributed by atoms with Gasteiger partial charge in [0.05, 0.1) is 0 Å². The van der Waals surface area contributed by atoms with Crippen LogP contribution in [0.5, 0.6) is 0 Å². The van der Waals surface area contributed by atoms with Crippen molar-refractivity contribution in [3.05, 3.63) is 23.8 Å². The van der Waals surface area contributed by atoms with E-state index in [1.54, 1.807) is 12.1 Å². The van der Waals surface area contributed by atoms with E-state index in [0.717, 1.165) is 28.6 Å². The van der Waals surface area contributed by atoms with Crippen LogP contribution in [0.4, 0.5) is 5.69 Å². The van der Waals surface area contributed by atoms with Gasteiger partial charge in [0.25, 0.3) is 5.91 Å². The average molecular weight is 320 g/mol. The zero-order valence-electron chi connectivity index (χ0n) is 13.0. The molecule has 0 saturated heterocycles. The van der Waals surface area contributed by atoms with Crippen molar-refractivity contribution in [3.63, 3.8) is 0 Å². The minimum absolute atomic E-state index is 0.287. The van der Waals surface area contributed by atoms with Gasteiger partial charge in [-0.1, -0.05) is 13.8 Å². The molecule has 0 aliphatic heterocycles. The van der Waals surface area contributed by atoms with Crippen molar-refractivity contribution in [2.24, 2.45) is 5.92 Å². The molecule has 1 aromatic rings. The Bertz CT molecular complexity index is 579. The molecule has 0 aliphatic rings. The molecule has 1 amide bonds. The maximum Gasteiger partial charge on any atom is 0.306 e. The third-order valence-electron chi connectivity index (χ3n) is 2.93. The standard InChI is InChI=1S/C16H20N2O3S/c1-11(2)4-7-16(20)21-9-15(19)18-14-6-5-13(22-10-17)8-12(14)3/h5-6,8,11H,4,7,9H2,1-3H3,(H,18,19). The number of thiocyanates is 1. The summed E-state index contributed by atoms with van der Waals surface area (Å²) in [5.41, 5.74) is 1.49. The SMILES string of the molecule is Cc1cc(SC#N)ccc1NC(=O)COC(=O)CCC(C)C. The molecule has 1 rings (SSSR count). The minimum Gasteiger partial charge on any atom is -0.456 e. The van der Waals surface area contributed by atoms with Gasteiger partial charge in [-0.15, -0.1) is 0 Å². The average Bonchev–Trinajstić information content (AvgIpc) is 2.46. The van der Waals surface area contributed by atoms with E-state index in [1.807, 2.05) is 32.2 Å². The van der Waals surface area contributed by atoms with Gasteiger partial charge < -0.3 is 10.1 Å². The second-order valence-electron chi connectivity index (χ2n) is 5.31. The first-order valence-corrected chi connectivity index (χ1v) is 7.86. The van der Waals surface area contributed by atoms with Gasteiger partial charge in [-0.2, -0.15) is 5.26 Å². The van der Waals surface area contributed by atoms with Crippen molar-refractivity contribution in [1.82, 2.24) is 0 Å². The first-order chi connectivity index (χ1) is 10.4. The van der Waals surface area contributed by atoms with Gasteiger partial charge in [-0.25, -0.2) is 0 Å². The summed E-state index contributed by atoms with van der Waals surface area (Å²) in [7, 11) is 0. The van der Waals surface area contributed by atoms with E-state index in [1.165, 1.54) is 0 Å². The van der Waals surface area contributed by atoms with Crippen LogP contribution < -0.4 is 5.32 Å². The van der Waals surface area contributed by atoms with E-state index in [-0.39, 0.29) is 18.5 Å². The lowest BCUT2D eigenvalue weighted by atomic mass is 10.1. The number of hydrogen-bond donors (Lipinski definition) is 1. The first-order valence-electron chi connectivity index (χ1n) is 7.04. The Kier molecular flexibility index (Phi) is 7.47. The summed E-state index contributed by atoms with van der Waals surface area (Å²) < 4.78 is 4.93. The van der Waals surface area contributed by atoms with Crippen LogP contribution >= 0.6 is 11.8 Å². The number of nitrogens with one attached hydrogen (secondary N) is 1. The molecule has 0 fully saturated rings. The number of esters is 1. The molecule has 1 N–H and O–H groups in total. The predicted octanol–water partition coefficient (Wildman–Crippen LogP) is 3.49. The van der Waals surface area contributed by atoms with Gasteiger partial charge in [0.15, 0.2) is 6.61 Å². The molecule has 22 heavy (non-hydrogen) atoms. The maximum absolute atomic E-state index is 11.8. The van der Waals surface area contributed by atoms with Crippen LogP contribution in [0.2, 0.25) is 0 Å². The quantitative estimate of drug-likeness (QED) is 0.472. The normalized spacial score (nSPS) is 10.1. The molecule has 5 nitrogen and oxygen atoms in total. The Labute approximate surface area is 135 Å². The van der Waals surface area contributed by atoms with E-state index in [2.05, 4.69) is 5.32 Å². The third kappa shape index (κ3) is 6.64. The summed E-state index contributed by atoms with van der Waals surface area (Å²) >= 11 is 1.06. The summed E-state index contributed by atoms with van der Waals surface area (Å²) in [4.78, 5) is 24.0. The Hall–Kier alpha value is -2.00. The molecular formula is C16H20N2O3S. The molecule has 0 radical (unpaired) electrons. The minimum atomic E-state index is -0.373. The summed E-state index contributed by atoms with van der Waals surface area (Å²) in [6.07, 6.45) is 1.07. The molecule has 0 spiro atoms. The summed E-state index contributed by atoms with van der Waals surface area (Å²) in [6, 6.07) is 5.30. The highest BCUT2D eigenvalue weighted by Crippen LogP contribution is 2.23. The molecule has 0 aromatic heterocycles. The number of hydrogen-bond acceptors (Lipinski definition) is 5. The van der Waals surface area contributed by atoms with Gasteiger partial charge in [-0.3, -0.25) is 9.59 Å². The molecule has 0 saturated carbocycles. The topological polar surface area (TPSA) is 79.2 Å². The van der Waals surface area contributed by atoms with Crippen LogP contribution in [0.1, 0.15) is 32.3 Å². The summed E-state index contributed by atoms with van der Waals surface area (Å²) in [5.74, 6) is -0.308. The number of carbonyl (C=O) groups is 2. The van der Waals surface area contributed by atoms with Crippen LogP contribution in [0.15, 0.2) is 23.1 Å². The van der Waals surface area contributed by atoms with Crippen LogP contribution in [0.3, 0.4) is 0 Å². The van der Waals surface area contributed by atoms with Gasteiger partial charge in [0, 0.05) is 17.0 Å². The highest BCUT2D eigenvalue weighted by Gasteiger charge is 2.10. The van der Waals surface area contributed by atoms with Crippen LogP contribution in [0, 0.1) is 23.5 Å². The van der Waals surface area contributed by atoms with E-state index in [4.69, 9.17) is 10.00 Å². The Morgan fingerprint density at radius 2 is 2.14 bits per heavy atom. The van der Waals surface area contributed by atoms with Crippen LogP contribution in [0.25, 0.3) is 0 Å². The molecule has 118 valence electrons. The zero-order valence-corrected chi connectivity index (χ0v) is 13.8. The number of carbonyl (C=O) groups excluding carboxylic acids is 2. The van der Waals surface area contributed by atoms with Crippen molar-refractivity contribution in [2.45, 2.75) is 38.5 Å². The lowest BCUT2D eigenvalue weighted by Gasteiger charge is -2.10. The smallest absolute Gasteiger partial charge is 0.306 e. The number of thioether (sulfide) groups is 1. The number of nitriles is 1. The molecule has 0 heterocycles. The van der Waals surface area contributed by atoms with Crippen molar-refractivity contribution < 1.29 is 14.3 Å². The fourth-order valence-electron chi connectivity index (χ4n) is 1.70. The third-order valence-corrected chi connectivity index (χ3v) is 3.51. The van der Waals surface area contributed by atoms with Crippen molar-refractivity contribution in [3.8, 4) is 5.40 Å². The van der Waals surface area contributed by atoms with Crippen molar-refractivity contribution >= 4 is 29.3 Å². The maximum atomic E-state index is 11.8. The summed E-state index contributed by atoms with van der Waals surface area (Å²) in [5, 5.41) is 13.3. The fraction of sp³-hybridized carbons (Fsp3) is 0.438. The lowest BCUT2D eigenvalue weighted by Crippen LogP contribution is -2.21. The Balaban J connectivity index is 2.45. The van der Waals surface area contributed by atoms with E-state index in [0.29, 0.717) is 18.0 Å². The van der Waals surface area contributed by atoms with E-state index < -0.39 is 0 Å². The monoisotopic (exact) mass is 320 g/mol. The van der Waals surface area contributed by atoms with Crippen molar-refractivity contribution in [2.75, 3.05) is 11.9 Å². The summed E-state index contributed by atoms with van der Waals surface area (Å²) in [6.45, 7) is 5.60. The highest BCUT2D eigenvalue weighted by atomic mass is 32.2. The number of nitrogens with zero attached hydrogens (tertiary/aromatic N) is 1. The highest BCUT2D eigenvalue weighted by molar-refractivity contribution is 8.03. The number of amides is 1. The number of anilines is 1. The number of aryl methyl sites for hydroxylation is 1.